The lowest BCUT2D eigenvalue weighted by Crippen LogP contribution is -2.49. The number of sulfonamides is 1. The number of piperidine rings is 1. The van der Waals surface area contributed by atoms with Gasteiger partial charge in [-0.1, -0.05) is 30.3 Å². The molecule has 34 heavy (non-hydrogen) atoms. The average molecular weight is 488 g/mol. The molecule has 2 aliphatic heterocycles. The summed E-state index contributed by atoms with van der Waals surface area (Å²) in [4.78, 5) is 16.6. The van der Waals surface area contributed by atoms with Gasteiger partial charge in [-0.15, -0.1) is 0 Å². The quantitative estimate of drug-likeness (QED) is 0.572. The first kappa shape index (κ1) is 24.7. The van der Waals surface area contributed by atoms with Crippen LogP contribution in [-0.2, 0) is 21.2 Å². The second-order valence-corrected chi connectivity index (χ2v) is 11.4. The third-order valence-corrected chi connectivity index (χ3v) is 8.95. The molecule has 2 aliphatic rings. The molecule has 0 aromatic heterocycles. The highest BCUT2D eigenvalue weighted by molar-refractivity contribution is 7.89. The van der Waals surface area contributed by atoms with Gasteiger partial charge >= 0.3 is 0 Å². The lowest BCUT2D eigenvalue weighted by atomic mass is 9.94. The number of likely N-dealkylation sites (tertiary alicyclic amines) is 1. The van der Waals surface area contributed by atoms with Gasteiger partial charge in [0, 0.05) is 51.4 Å². The number of rotatable bonds is 8. The number of hydrogen-bond acceptors (Lipinski definition) is 4. The SMILES string of the molecule is O=C(CCc1ccccc1)N1CCC(CCS(=O)(=O)N2CCN(c3ccc(F)cc3)CC2)CC1. The van der Waals surface area contributed by atoms with Gasteiger partial charge in [-0.3, -0.25) is 4.79 Å². The van der Waals surface area contributed by atoms with Crippen molar-refractivity contribution in [1.82, 2.24) is 9.21 Å². The molecule has 0 unspecified atom stereocenters. The van der Waals surface area contributed by atoms with Gasteiger partial charge in [0.25, 0.3) is 0 Å². The zero-order chi connectivity index (χ0) is 24.0. The molecule has 4 rings (SSSR count). The first-order valence-corrected chi connectivity index (χ1v) is 13.8. The largest absolute Gasteiger partial charge is 0.369 e. The predicted molar refractivity (Wildman–Crippen MR) is 133 cm³/mol. The van der Waals surface area contributed by atoms with Crippen LogP contribution in [0.3, 0.4) is 0 Å². The summed E-state index contributed by atoms with van der Waals surface area (Å²) < 4.78 is 40.5. The Labute approximate surface area is 202 Å². The Morgan fingerprint density at radius 3 is 2.18 bits per heavy atom. The van der Waals surface area contributed by atoms with E-state index in [-0.39, 0.29) is 17.5 Å². The van der Waals surface area contributed by atoms with Crippen LogP contribution in [-0.4, -0.2) is 68.6 Å². The molecule has 0 aliphatic carbocycles. The van der Waals surface area contributed by atoms with Gasteiger partial charge in [-0.05, 0) is 61.4 Å². The van der Waals surface area contributed by atoms with Gasteiger partial charge in [0.2, 0.25) is 15.9 Å². The summed E-state index contributed by atoms with van der Waals surface area (Å²) in [7, 11) is -3.30. The third kappa shape index (κ3) is 6.57. The summed E-state index contributed by atoms with van der Waals surface area (Å²) in [5, 5.41) is 0. The molecule has 2 aromatic rings. The minimum absolute atomic E-state index is 0.163. The predicted octanol–water partition coefficient (Wildman–Crippen LogP) is 3.54. The molecule has 0 bridgehead atoms. The van der Waals surface area contributed by atoms with Crippen molar-refractivity contribution in [1.29, 1.82) is 0 Å². The minimum Gasteiger partial charge on any atom is -0.369 e. The zero-order valence-corrected chi connectivity index (χ0v) is 20.4. The lowest BCUT2D eigenvalue weighted by molar-refractivity contribution is -0.132. The number of nitrogens with zero attached hydrogens (tertiary/aromatic N) is 3. The van der Waals surface area contributed by atoms with Crippen LogP contribution < -0.4 is 4.90 Å². The standard InChI is InChI=1S/C26H34FN3O3S/c27-24-7-9-25(10-8-24)28-17-19-30(20-18-28)34(32,33)21-14-23-12-15-29(16-13-23)26(31)11-6-22-4-2-1-3-5-22/h1-5,7-10,23H,6,11-21H2. The van der Waals surface area contributed by atoms with Crippen molar-refractivity contribution >= 4 is 21.6 Å². The van der Waals surface area contributed by atoms with Crippen LogP contribution in [0.5, 0.6) is 0 Å². The number of halogens is 1. The molecule has 2 heterocycles. The second kappa shape index (κ2) is 11.3. The summed E-state index contributed by atoms with van der Waals surface area (Å²) in [5.41, 5.74) is 2.10. The van der Waals surface area contributed by atoms with Crippen molar-refractivity contribution < 1.29 is 17.6 Å². The van der Waals surface area contributed by atoms with Crippen LogP contribution in [0, 0.1) is 11.7 Å². The summed E-state index contributed by atoms with van der Waals surface area (Å²) in [5.74, 6) is 0.422. The van der Waals surface area contributed by atoms with Gasteiger partial charge in [0.15, 0.2) is 0 Å². The molecule has 2 saturated heterocycles. The number of amides is 1. The average Bonchev–Trinajstić information content (AvgIpc) is 2.87. The van der Waals surface area contributed by atoms with E-state index in [0.29, 0.717) is 58.0 Å². The molecule has 2 aromatic carbocycles. The fourth-order valence-electron chi connectivity index (χ4n) is 4.85. The summed E-state index contributed by atoms with van der Waals surface area (Å²) in [6, 6.07) is 16.4. The molecule has 0 spiro atoms. The second-order valence-electron chi connectivity index (χ2n) is 9.28. The molecule has 8 heteroatoms. The first-order chi connectivity index (χ1) is 16.4. The fraction of sp³-hybridized carbons (Fsp3) is 0.500. The Kier molecular flexibility index (Phi) is 8.21. The van der Waals surface area contributed by atoms with Crippen molar-refractivity contribution in [3.8, 4) is 0 Å². The van der Waals surface area contributed by atoms with Crippen LogP contribution >= 0.6 is 0 Å². The molecule has 0 N–H and O–H groups in total. The van der Waals surface area contributed by atoms with Crippen molar-refractivity contribution in [2.24, 2.45) is 5.92 Å². The van der Waals surface area contributed by atoms with Crippen molar-refractivity contribution in [3.05, 3.63) is 66.0 Å². The van der Waals surface area contributed by atoms with Gasteiger partial charge < -0.3 is 9.80 Å². The van der Waals surface area contributed by atoms with Gasteiger partial charge in [0.1, 0.15) is 5.82 Å². The van der Waals surface area contributed by atoms with E-state index in [0.717, 1.165) is 24.9 Å². The van der Waals surface area contributed by atoms with E-state index in [1.807, 2.05) is 35.2 Å². The zero-order valence-electron chi connectivity index (χ0n) is 19.6. The molecular formula is C26H34FN3O3S. The van der Waals surface area contributed by atoms with E-state index >= 15 is 0 Å². The first-order valence-electron chi connectivity index (χ1n) is 12.2. The highest BCUT2D eigenvalue weighted by Crippen LogP contribution is 2.24. The summed E-state index contributed by atoms with van der Waals surface area (Å²) >= 11 is 0. The van der Waals surface area contributed by atoms with E-state index in [1.54, 1.807) is 16.4 Å². The maximum atomic E-state index is 13.1. The summed E-state index contributed by atoms with van der Waals surface area (Å²) in [6.07, 6.45) is 3.65. The van der Waals surface area contributed by atoms with E-state index in [4.69, 9.17) is 0 Å². The number of anilines is 1. The number of carbonyl (C=O) groups is 1. The monoisotopic (exact) mass is 487 g/mol. The number of carbonyl (C=O) groups excluding carboxylic acids is 1. The number of aryl methyl sites for hydroxylation is 1. The topological polar surface area (TPSA) is 60.9 Å². The van der Waals surface area contributed by atoms with Crippen LogP contribution in [0.15, 0.2) is 54.6 Å². The Balaban J connectivity index is 1.17. The Hall–Kier alpha value is -2.45. The molecule has 6 nitrogen and oxygen atoms in total. The molecule has 0 radical (unpaired) electrons. The smallest absolute Gasteiger partial charge is 0.222 e. The maximum Gasteiger partial charge on any atom is 0.222 e. The normalized spacial score (nSPS) is 18.3. The van der Waals surface area contributed by atoms with Gasteiger partial charge in [-0.25, -0.2) is 12.8 Å². The lowest BCUT2D eigenvalue weighted by Gasteiger charge is -2.36. The third-order valence-electron chi connectivity index (χ3n) is 7.05. The molecular weight excluding hydrogens is 453 g/mol. The van der Waals surface area contributed by atoms with Crippen LogP contribution in [0.2, 0.25) is 0 Å². The number of piperazine rings is 1. The minimum atomic E-state index is -3.30. The number of benzene rings is 2. The van der Waals surface area contributed by atoms with E-state index in [1.165, 1.54) is 17.7 Å². The molecule has 0 atom stereocenters. The van der Waals surface area contributed by atoms with E-state index in [9.17, 15) is 17.6 Å². The van der Waals surface area contributed by atoms with Crippen molar-refractivity contribution in [3.63, 3.8) is 0 Å². The van der Waals surface area contributed by atoms with Gasteiger partial charge in [-0.2, -0.15) is 4.31 Å². The van der Waals surface area contributed by atoms with Gasteiger partial charge in [0.05, 0.1) is 5.75 Å². The molecule has 1 amide bonds. The summed E-state index contributed by atoms with van der Waals surface area (Å²) in [6.45, 7) is 3.55. The molecule has 2 fully saturated rings. The van der Waals surface area contributed by atoms with Crippen LogP contribution in [0.1, 0.15) is 31.2 Å². The van der Waals surface area contributed by atoms with Crippen LogP contribution in [0.25, 0.3) is 0 Å². The Bertz CT molecular complexity index is 1030. The molecule has 0 saturated carbocycles. The van der Waals surface area contributed by atoms with E-state index < -0.39 is 10.0 Å². The highest BCUT2D eigenvalue weighted by atomic mass is 32.2. The van der Waals surface area contributed by atoms with Crippen molar-refractivity contribution in [2.45, 2.75) is 32.1 Å². The van der Waals surface area contributed by atoms with Crippen molar-refractivity contribution in [2.75, 3.05) is 49.9 Å². The van der Waals surface area contributed by atoms with E-state index in [2.05, 4.69) is 4.90 Å². The maximum absolute atomic E-state index is 13.1. The Morgan fingerprint density at radius 2 is 1.53 bits per heavy atom. The fourth-order valence-corrected chi connectivity index (χ4v) is 6.46. The molecule has 184 valence electrons. The Morgan fingerprint density at radius 1 is 0.882 bits per heavy atom. The van der Waals surface area contributed by atoms with Crippen LogP contribution in [0.4, 0.5) is 10.1 Å². The number of hydrogen-bond donors (Lipinski definition) is 0. The highest BCUT2D eigenvalue weighted by Gasteiger charge is 2.29.